The molecule has 2 aliphatic heterocycles. The van der Waals surface area contributed by atoms with Crippen LogP contribution in [0.2, 0.25) is 0 Å². The Labute approximate surface area is 257 Å². The van der Waals surface area contributed by atoms with E-state index in [2.05, 4.69) is 22.0 Å². The molecular weight excluding hydrogens is 556 g/mol. The van der Waals surface area contributed by atoms with E-state index < -0.39 is 0 Å². The van der Waals surface area contributed by atoms with E-state index >= 15 is 0 Å². The monoisotopic (exact) mass is 598 g/mol. The molecule has 232 valence electrons. The number of imidazole rings is 1. The maximum Gasteiger partial charge on any atom is 0.317 e. The first kappa shape index (κ1) is 28.6. The number of methoxy groups -OCH3 is 1. The molecule has 0 spiro atoms. The van der Waals surface area contributed by atoms with Gasteiger partial charge in [0.25, 0.3) is 5.91 Å². The van der Waals surface area contributed by atoms with Gasteiger partial charge in [-0.05, 0) is 82.6 Å². The second kappa shape index (κ2) is 11.4. The fourth-order valence-electron chi connectivity index (χ4n) is 6.76. The van der Waals surface area contributed by atoms with Gasteiger partial charge in [-0.2, -0.15) is 0 Å². The summed E-state index contributed by atoms with van der Waals surface area (Å²) in [6.07, 6.45) is 6.36. The van der Waals surface area contributed by atoms with Crippen molar-refractivity contribution >= 4 is 28.6 Å². The first-order chi connectivity index (χ1) is 21.3. The second-order valence-electron chi connectivity index (χ2n) is 12.8. The van der Waals surface area contributed by atoms with Crippen LogP contribution in [-0.4, -0.2) is 80.0 Å². The molecule has 4 aromatic heterocycles. The standard InChI is InChI=1S/C33H42N8O3/c1-20(35-33(43)38-12-4-5-13-38)26-11-10-23-15-27(40(31(23)36-26)18-22-8-9-22)30-21(2)41-28(37-30)16-24(17-29(41)44-3)32(42)39-14-6-7-25(34)19-39/h10-11,15-17,20,22,25H,4-9,12-14,18-19,34H2,1-3H3,(H,35,43)/t20-,25-/m1/s1. The minimum absolute atomic E-state index is 0.00504. The van der Waals surface area contributed by atoms with Crippen LogP contribution in [0.4, 0.5) is 4.79 Å². The summed E-state index contributed by atoms with van der Waals surface area (Å²) in [7, 11) is 1.62. The van der Waals surface area contributed by atoms with Gasteiger partial charge >= 0.3 is 6.03 Å². The molecule has 7 rings (SSSR count). The normalized spacial score (nSPS) is 19.6. The number of piperidine rings is 1. The molecule has 6 heterocycles. The van der Waals surface area contributed by atoms with E-state index in [4.69, 9.17) is 20.4 Å². The van der Waals surface area contributed by atoms with Gasteiger partial charge in [-0.1, -0.05) is 0 Å². The maximum atomic E-state index is 13.5. The highest BCUT2D eigenvalue weighted by Crippen LogP contribution is 2.37. The Kier molecular flexibility index (Phi) is 7.44. The highest BCUT2D eigenvalue weighted by molar-refractivity contribution is 5.96. The van der Waals surface area contributed by atoms with Crippen LogP contribution >= 0.6 is 0 Å². The van der Waals surface area contributed by atoms with Gasteiger partial charge in [0.1, 0.15) is 17.0 Å². The number of nitrogens with one attached hydrogen (secondary N) is 1. The zero-order valence-corrected chi connectivity index (χ0v) is 25.9. The lowest BCUT2D eigenvalue weighted by Crippen LogP contribution is -2.45. The van der Waals surface area contributed by atoms with Crippen molar-refractivity contribution in [3.63, 3.8) is 0 Å². The van der Waals surface area contributed by atoms with Gasteiger partial charge < -0.3 is 30.2 Å². The van der Waals surface area contributed by atoms with Gasteiger partial charge in [0, 0.05) is 55.8 Å². The number of aryl methyl sites for hydroxylation is 1. The van der Waals surface area contributed by atoms with E-state index in [1.54, 1.807) is 13.2 Å². The van der Waals surface area contributed by atoms with Crippen LogP contribution in [-0.2, 0) is 6.54 Å². The number of hydrogen-bond acceptors (Lipinski definition) is 6. The largest absolute Gasteiger partial charge is 0.482 e. The Bertz CT molecular complexity index is 1730. The quantitative estimate of drug-likeness (QED) is 0.323. The minimum Gasteiger partial charge on any atom is -0.482 e. The van der Waals surface area contributed by atoms with Crippen LogP contribution in [0, 0.1) is 12.8 Å². The van der Waals surface area contributed by atoms with Gasteiger partial charge in [0.05, 0.1) is 30.2 Å². The molecule has 2 saturated heterocycles. The number of carbonyl (C=O) groups is 2. The molecule has 0 radical (unpaired) electrons. The number of carbonyl (C=O) groups excluding carboxylic acids is 2. The third-order valence-electron chi connectivity index (χ3n) is 9.44. The fraction of sp³-hybridized carbons (Fsp3) is 0.515. The molecule has 11 heteroatoms. The predicted molar refractivity (Wildman–Crippen MR) is 169 cm³/mol. The number of amides is 3. The summed E-state index contributed by atoms with van der Waals surface area (Å²) in [5.41, 5.74) is 11.9. The zero-order chi connectivity index (χ0) is 30.5. The number of nitrogens with two attached hydrogens (primary N) is 1. The van der Waals surface area contributed by atoms with Crippen molar-refractivity contribution in [3.8, 4) is 17.3 Å². The van der Waals surface area contributed by atoms with Crippen LogP contribution < -0.4 is 15.8 Å². The molecule has 11 nitrogen and oxygen atoms in total. The number of nitrogens with zero attached hydrogens (tertiary/aromatic N) is 6. The van der Waals surface area contributed by atoms with Crippen molar-refractivity contribution in [2.24, 2.45) is 11.7 Å². The SMILES string of the molecule is COc1cc(C(=O)N2CCC[C@@H](N)C2)cc2nc(-c3cc4ccc([C@@H](C)NC(=O)N5CCCC5)nc4n3CC3CC3)c(C)n12. The summed E-state index contributed by atoms with van der Waals surface area (Å²) in [5, 5.41) is 4.17. The summed E-state index contributed by atoms with van der Waals surface area (Å²) < 4.78 is 10.1. The molecule has 3 amide bonds. The number of urea groups is 1. The van der Waals surface area contributed by atoms with Gasteiger partial charge in [0.2, 0.25) is 0 Å². The van der Waals surface area contributed by atoms with Gasteiger partial charge in [-0.25, -0.2) is 14.8 Å². The van der Waals surface area contributed by atoms with Crippen molar-refractivity contribution in [2.45, 2.75) is 71.0 Å². The van der Waals surface area contributed by atoms with E-state index in [0.29, 0.717) is 36.1 Å². The van der Waals surface area contributed by atoms with Crippen molar-refractivity contribution in [1.29, 1.82) is 0 Å². The smallest absolute Gasteiger partial charge is 0.317 e. The van der Waals surface area contributed by atoms with Crippen LogP contribution in [0.15, 0.2) is 30.3 Å². The van der Waals surface area contributed by atoms with E-state index in [-0.39, 0.29) is 24.0 Å². The van der Waals surface area contributed by atoms with Crippen molar-refractivity contribution < 1.29 is 14.3 Å². The Morgan fingerprint density at radius 3 is 2.55 bits per heavy atom. The molecule has 2 atom stereocenters. The van der Waals surface area contributed by atoms with E-state index in [0.717, 1.165) is 79.1 Å². The van der Waals surface area contributed by atoms with Crippen LogP contribution in [0.5, 0.6) is 5.88 Å². The lowest BCUT2D eigenvalue weighted by atomic mass is 10.1. The molecule has 0 bridgehead atoms. The van der Waals surface area contributed by atoms with Crippen molar-refractivity contribution in [2.75, 3.05) is 33.3 Å². The number of fused-ring (bicyclic) bond motifs is 2. The lowest BCUT2D eigenvalue weighted by molar-refractivity contribution is 0.0708. The third kappa shape index (κ3) is 5.27. The summed E-state index contributed by atoms with van der Waals surface area (Å²) in [6, 6.07) is 9.68. The average molecular weight is 599 g/mol. The van der Waals surface area contributed by atoms with Crippen LogP contribution in [0.1, 0.15) is 73.2 Å². The molecule has 3 aliphatic rings. The Morgan fingerprint density at radius 2 is 1.82 bits per heavy atom. The van der Waals surface area contributed by atoms with Crippen LogP contribution in [0.25, 0.3) is 28.1 Å². The summed E-state index contributed by atoms with van der Waals surface area (Å²) >= 11 is 0. The first-order valence-electron chi connectivity index (χ1n) is 16.0. The number of likely N-dealkylation sites (tertiary alicyclic amines) is 2. The average Bonchev–Trinajstić information content (AvgIpc) is 3.39. The van der Waals surface area contributed by atoms with E-state index in [9.17, 15) is 9.59 Å². The first-order valence-corrected chi connectivity index (χ1v) is 16.0. The summed E-state index contributed by atoms with van der Waals surface area (Å²) in [4.78, 5) is 40.2. The maximum absolute atomic E-state index is 13.5. The molecule has 4 aromatic rings. The third-order valence-corrected chi connectivity index (χ3v) is 9.44. The van der Waals surface area contributed by atoms with Gasteiger partial charge in [-0.3, -0.25) is 9.20 Å². The van der Waals surface area contributed by atoms with E-state index in [1.165, 1.54) is 12.8 Å². The van der Waals surface area contributed by atoms with Crippen LogP contribution in [0.3, 0.4) is 0 Å². The fourth-order valence-corrected chi connectivity index (χ4v) is 6.76. The number of ether oxygens (including phenoxy) is 1. The molecular formula is C33H42N8O3. The topological polar surface area (TPSA) is 123 Å². The highest BCUT2D eigenvalue weighted by Gasteiger charge is 2.29. The Balaban J connectivity index is 1.26. The number of aromatic nitrogens is 4. The number of pyridine rings is 2. The molecule has 1 aliphatic carbocycles. The summed E-state index contributed by atoms with van der Waals surface area (Å²) in [5.74, 6) is 1.12. The molecule has 3 N–H and O–H groups in total. The predicted octanol–water partition coefficient (Wildman–Crippen LogP) is 4.51. The molecule has 3 fully saturated rings. The van der Waals surface area contributed by atoms with Gasteiger partial charge in [-0.15, -0.1) is 0 Å². The number of rotatable bonds is 7. The lowest BCUT2D eigenvalue weighted by Gasteiger charge is -2.30. The van der Waals surface area contributed by atoms with Gasteiger partial charge in [0.15, 0.2) is 5.88 Å². The zero-order valence-electron chi connectivity index (χ0n) is 25.9. The highest BCUT2D eigenvalue weighted by atomic mass is 16.5. The van der Waals surface area contributed by atoms with Crippen molar-refractivity contribution in [1.82, 2.24) is 34.1 Å². The number of hydrogen-bond donors (Lipinski definition) is 2. The molecule has 44 heavy (non-hydrogen) atoms. The molecule has 1 saturated carbocycles. The van der Waals surface area contributed by atoms with Crippen molar-refractivity contribution in [3.05, 3.63) is 47.3 Å². The second-order valence-corrected chi connectivity index (χ2v) is 12.8. The Hall–Kier alpha value is -4.12. The van der Waals surface area contributed by atoms with E-state index in [1.807, 2.05) is 40.2 Å². The summed E-state index contributed by atoms with van der Waals surface area (Å²) in [6.45, 7) is 7.77. The molecule has 0 unspecified atom stereocenters. The minimum atomic E-state index is -0.216. The Morgan fingerprint density at radius 1 is 1.05 bits per heavy atom. The molecule has 0 aromatic carbocycles.